The molecule has 0 saturated carbocycles. The van der Waals surface area contributed by atoms with Crippen molar-refractivity contribution in [3.63, 3.8) is 0 Å². The summed E-state index contributed by atoms with van der Waals surface area (Å²) >= 11 is 5.09. The Balaban J connectivity index is 1.69. The standard InChI is InChI=1S/C17H18BrNO2S/c1-21-15-5-7-16(8-6-15)22-10-9-17(20)19-12-13-3-2-4-14(18)11-13/h2-8,11H,9-10,12H2,1H3,(H,19,20). The second-order valence-corrected chi connectivity index (χ2v) is 6.76. The second-order valence-electron chi connectivity index (χ2n) is 4.68. The Labute approximate surface area is 143 Å². The van der Waals surface area contributed by atoms with Gasteiger partial charge in [0.25, 0.3) is 0 Å². The molecule has 2 rings (SSSR count). The molecule has 0 unspecified atom stereocenters. The summed E-state index contributed by atoms with van der Waals surface area (Å²) in [4.78, 5) is 13.0. The van der Waals surface area contributed by atoms with E-state index in [0.717, 1.165) is 26.4 Å². The minimum absolute atomic E-state index is 0.0704. The van der Waals surface area contributed by atoms with Crippen molar-refractivity contribution in [1.82, 2.24) is 5.32 Å². The summed E-state index contributed by atoms with van der Waals surface area (Å²) in [6.45, 7) is 0.561. The van der Waals surface area contributed by atoms with Crippen LogP contribution in [0.15, 0.2) is 57.9 Å². The molecular formula is C17H18BrNO2S. The maximum absolute atomic E-state index is 11.8. The molecule has 0 aliphatic carbocycles. The van der Waals surface area contributed by atoms with Crippen LogP contribution in [0.3, 0.4) is 0 Å². The summed E-state index contributed by atoms with van der Waals surface area (Å²) in [5, 5.41) is 2.94. The van der Waals surface area contributed by atoms with Gasteiger partial charge in [-0.3, -0.25) is 4.79 Å². The van der Waals surface area contributed by atoms with Crippen LogP contribution in [0.2, 0.25) is 0 Å². The van der Waals surface area contributed by atoms with E-state index in [4.69, 9.17) is 4.74 Å². The molecule has 0 fully saturated rings. The minimum Gasteiger partial charge on any atom is -0.497 e. The number of methoxy groups -OCH3 is 1. The Kier molecular flexibility index (Phi) is 6.80. The van der Waals surface area contributed by atoms with Crippen LogP contribution in [0.4, 0.5) is 0 Å². The third-order valence-corrected chi connectivity index (χ3v) is 4.54. The van der Waals surface area contributed by atoms with Crippen molar-refractivity contribution in [1.29, 1.82) is 0 Å². The highest BCUT2D eigenvalue weighted by Gasteiger charge is 2.03. The van der Waals surface area contributed by atoms with E-state index in [-0.39, 0.29) is 5.91 Å². The molecule has 0 aliphatic rings. The van der Waals surface area contributed by atoms with Crippen molar-refractivity contribution in [2.45, 2.75) is 17.9 Å². The highest BCUT2D eigenvalue weighted by Crippen LogP contribution is 2.21. The lowest BCUT2D eigenvalue weighted by atomic mass is 10.2. The Bertz CT molecular complexity index is 616. The van der Waals surface area contributed by atoms with Crippen molar-refractivity contribution in [2.75, 3.05) is 12.9 Å². The predicted molar refractivity (Wildman–Crippen MR) is 94.3 cm³/mol. The molecule has 0 aromatic heterocycles. The molecule has 1 amide bonds. The number of carbonyl (C=O) groups is 1. The van der Waals surface area contributed by atoms with Crippen LogP contribution in [0.5, 0.6) is 5.75 Å². The number of nitrogens with one attached hydrogen (secondary N) is 1. The zero-order chi connectivity index (χ0) is 15.8. The number of hydrogen-bond acceptors (Lipinski definition) is 3. The Morgan fingerprint density at radius 1 is 1.23 bits per heavy atom. The van der Waals surface area contributed by atoms with Crippen molar-refractivity contribution in [3.8, 4) is 5.75 Å². The molecule has 5 heteroatoms. The monoisotopic (exact) mass is 379 g/mol. The van der Waals surface area contributed by atoms with Crippen molar-refractivity contribution >= 4 is 33.6 Å². The van der Waals surface area contributed by atoms with E-state index in [0.29, 0.717) is 13.0 Å². The number of halogens is 1. The zero-order valence-electron chi connectivity index (χ0n) is 12.3. The number of carbonyl (C=O) groups excluding carboxylic acids is 1. The largest absolute Gasteiger partial charge is 0.497 e. The van der Waals surface area contributed by atoms with Gasteiger partial charge < -0.3 is 10.1 Å². The molecule has 0 atom stereocenters. The molecule has 0 heterocycles. The fourth-order valence-corrected chi connectivity index (χ4v) is 3.17. The van der Waals surface area contributed by atoms with Gasteiger partial charge in [0.1, 0.15) is 5.75 Å². The van der Waals surface area contributed by atoms with E-state index in [1.807, 2.05) is 48.5 Å². The van der Waals surface area contributed by atoms with E-state index in [9.17, 15) is 4.79 Å². The zero-order valence-corrected chi connectivity index (χ0v) is 14.7. The van der Waals surface area contributed by atoms with Gasteiger partial charge in [0.15, 0.2) is 0 Å². The molecule has 0 spiro atoms. The van der Waals surface area contributed by atoms with Gasteiger partial charge in [0.2, 0.25) is 5.91 Å². The van der Waals surface area contributed by atoms with Crippen molar-refractivity contribution in [2.24, 2.45) is 0 Å². The van der Waals surface area contributed by atoms with Crippen LogP contribution >= 0.6 is 27.7 Å². The summed E-state index contributed by atoms with van der Waals surface area (Å²) in [6, 6.07) is 15.8. The van der Waals surface area contributed by atoms with E-state index in [2.05, 4.69) is 21.2 Å². The van der Waals surface area contributed by atoms with Gasteiger partial charge in [-0.05, 0) is 42.0 Å². The van der Waals surface area contributed by atoms with E-state index in [1.54, 1.807) is 18.9 Å². The number of hydrogen-bond donors (Lipinski definition) is 1. The van der Waals surface area contributed by atoms with E-state index in [1.165, 1.54) is 0 Å². The third-order valence-electron chi connectivity index (χ3n) is 3.04. The topological polar surface area (TPSA) is 38.3 Å². The normalized spacial score (nSPS) is 10.3. The SMILES string of the molecule is COc1ccc(SCCC(=O)NCc2cccc(Br)c2)cc1. The van der Waals surface area contributed by atoms with Crippen LogP contribution in [0.1, 0.15) is 12.0 Å². The molecule has 0 radical (unpaired) electrons. The van der Waals surface area contributed by atoms with Gasteiger partial charge in [-0.1, -0.05) is 28.1 Å². The van der Waals surface area contributed by atoms with Gasteiger partial charge >= 0.3 is 0 Å². The lowest BCUT2D eigenvalue weighted by Crippen LogP contribution is -2.22. The summed E-state index contributed by atoms with van der Waals surface area (Å²) in [5.74, 6) is 1.67. The molecule has 2 aromatic carbocycles. The van der Waals surface area contributed by atoms with Crippen LogP contribution < -0.4 is 10.1 Å². The lowest BCUT2D eigenvalue weighted by Gasteiger charge is -2.06. The number of benzene rings is 2. The smallest absolute Gasteiger partial charge is 0.221 e. The first-order valence-corrected chi connectivity index (χ1v) is 8.73. The molecule has 1 N–H and O–H groups in total. The van der Waals surface area contributed by atoms with Gasteiger partial charge in [-0.25, -0.2) is 0 Å². The average Bonchev–Trinajstić information content (AvgIpc) is 2.54. The van der Waals surface area contributed by atoms with Crippen LogP contribution in [-0.4, -0.2) is 18.8 Å². The first-order chi connectivity index (χ1) is 10.7. The highest BCUT2D eigenvalue weighted by molar-refractivity contribution is 9.10. The molecule has 22 heavy (non-hydrogen) atoms. The molecule has 0 aliphatic heterocycles. The molecule has 2 aromatic rings. The second kappa shape index (κ2) is 8.86. The van der Waals surface area contributed by atoms with Crippen LogP contribution in [-0.2, 0) is 11.3 Å². The number of rotatable bonds is 7. The number of thioether (sulfide) groups is 1. The van der Waals surface area contributed by atoms with Crippen LogP contribution in [0.25, 0.3) is 0 Å². The van der Waals surface area contributed by atoms with E-state index >= 15 is 0 Å². The fraction of sp³-hybridized carbons (Fsp3) is 0.235. The lowest BCUT2D eigenvalue weighted by molar-refractivity contribution is -0.120. The number of amides is 1. The predicted octanol–water partition coefficient (Wildman–Crippen LogP) is 4.26. The molecule has 116 valence electrons. The summed E-state index contributed by atoms with van der Waals surface area (Å²) in [5.41, 5.74) is 1.09. The van der Waals surface area contributed by atoms with Crippen LogP contribution in [0, 0.1) is 0 Å². The summed E-state index contributed by atoms with van der Waals surface area (Å²) in [7, 11) is 1.65. The minimum atomic E-state index is 0.0704. The molecule has 0 saturated heterocycles. The van der Waals surface area contributed by atoms with E-state index < -0.39 is 0 Å². The fourth-order valence-electron chi connectivity index (χ4n) is 1.87. The number of ether oxygens (including phenoxy) is 1. The average molecular weight is 380 g/mol. The summed E-state index contributed by atoms with van der Waals surface area (Å²) in [6.07, 6.45) is 0.505. The van der Waals surface area contributed by atoms with Gasteiger partial charge in [0.05, 0.1) is 7.11 Å². The highest BCUT2D eigenvalue weighted by atomic mass is 79.9. The third kappa shape index (κ3) is 5.73. The van der Waals surface area contributed by atoms with Gasteiger partial charge in [0, 0.05) is 28.1 Å². The van der Waals surface area contributed by atoms with Crippen molar-refractivity contribution < 1.29 is 9.53 Å². The first kappa shape index (κ1) is 16.9. The maximum atomic E-state index is 11.8. The molecule has 3 nitrogen and oxygen atoms in total. The maximum Gasteiger partial charge on any atom is 0.221 e. The first-order valence-electron chi connectivity index (χ1n) is 6.95. The van der Waals surface area contributed by atoms with Crippen molar-refractivity contribution in [3.05, 3.63) is 58.6 Å². The summed E-state index contributed by atoms with van der Waals surface area (Å²) < 4.78 is 6.14. The quantitative estimate of drug-likeness (QED) is 0.730. The van der Waals surface area contributed by atoms with Gasteiger partial charge in [-0.2, -0.15) is 0 Å². The molecular weight excluding hydrogens is 362 g/mol. The van der Waals surface area contributed by atoms with Gasteiger partial charge in [-0.15, -0.1) is 11.8 Å². The Morgan fingerprint density at radius 3 is 2.68 bits per heavy atom. The Morgan fingerprint density at radius 2 is 2.00 bits per heavy atom. The molecule has 0 bridgehead atoms. The Hall–Kier alpha value is -1.46.